The summed E-state index contributed by atoms with van der Waals surface area (Å²) < 4.78 is 0. The lowest BCUT2D eigenvalue weighted by Crippen LogP contribution is -2.29. The van der Waals surface area contributed by atoms with Crippen molar-refractivity contribution in [3.8, 4) is 0 Å². The number of hydrogen-bond donors (Lipinski definition) is 0. The van der Waals surface area contributed by atoms with Gasteiger partial charge < -0.3 is 0 Å². The molecule has 0 radical (unpaired) electrons. The highest BCUT2D eigenvalue weighted by molar-refractivity contribution is 5.77. The topological polar surface area (TPSA) is 20.3 Å². The molecule has 2 heteroatoms. The molecule has 11 heavy (non-hydrogen) atoms. The maximum atomic E-state index is 10.7. The van der Waals surface area contributed by atoms with Crippen LogP contribution in [0.4, 0.5) is 0 Å². The molecular weight excluding hydrogens is 138 g/mol. The summed E-state index contributed by atoms with van der Waals surface area (Å²) in [5.41, 5.74) is 0. The Morgan fingerprint density at radius 3 is 2.36 bits per heavy atom. The summed E-state index contributed by atoms with van der Waals surface area (Å²) in [5, 5.41) is 0. The Hall–Kier alpha value is -0.370. The highest BCUT2D eigenvalue weighted by atomic mass is 16.1. The van der Waals surface area contributed by atoms with Crippen molar-refractivity contribution in [2.75, 3.05) is 19.6 Å². The number of unbranched alkanes of at least 4 members (excludes halogenated alkanes) is 1. The Balaban J connectivity index is 3.49. The first-order valence-electron chi connectivity index (χ1n) is 4.42. The molecule has 0 aliphatic rings. The Kier molecular flexibility index (Phi) is 6.13. The van der Waals surface area contributed by atoms with E-state index >= 15 is 0 Å². The van der Waals surface area contributed by atoms with Gasteiger partial charge >= 0.3 is 0 Å². The summed E-state index contributed by atoms with van der Waals surface area (Å²) in [7, 11) is 0. The van der Waals surface area contributed by atoms with Gasteiger partial charge in [0.15, 0.2) is 0 Å². The van der Waals surface area contributed by atoms with Crippen molar-refractivity contribution in [1.29, 1.82) is 0 Å². The van der Waals surface area contributed by atoms with E-state index in [1.165, 1.54) is 12.8 Å². The summed E-state index contributed by atoms with van der Waals surface area (Å²) in [5.74, 6) is 0.267. The minimum absolute atomic E-state index is 0.267. The van der Waals surface area contributed by atoms with E-state index in [1.807, 2.05) is 0 Å². The zero-order chi connectivity index (χ0) is 8.69. The third kappa shape index (κ3) is 6.05. The van der Waals surface area contributed by atoms with Gasteiger partial charge in [-0.25, -0.2) is 0 Å². The minimum Gasteiger partial charge on any atom is -0.299 e. The molecule has 0 atom stereocenters. The second-order valence-corrected chi connectivity index (χ2v) is 2.92. The number of likely N-dealkylation sites (N-methyl/N-ethyl adjacent to an activating group) is 1. The molecule has 0 saturated heterocycles. The van der Waals surface area contributed by atoms with E-state index in [-0.39, 0.29) is 5.78 Å². The van der Waals surface area contributed by atoms with Gasteiger partial charge in [-0.15, -0.1) is 0 Å². The summed E-state index contributed by atoms with van der Waals surface area (Å²) in [4.78, 5) is 12.9. The zero-order valence-electron chi connectivity index (χ0n) is 7.89. The molecule has 0 bridgehead atoms. The van der Waals surface area contributed by atoms with Gasteiger partial charge in [0, 0.05) is 0 Å². The van der Waals surface area contributed by atoms with E-state index < -0.39 is 0 Å². The lowest BCUT2D eigenvalue weighted by molar-refractivity contribution is -0.118. The van der Waals surface area contributed by atoms with E-state index in [2.05, 4.69) is 18.7 Å². The van der Waals surface area contributed by atoms with Gasteiger partial charge in [-0.2, -0.15) is 0 Å². The van der Waals surface area contributed by atoms with Crippen LogP contribution in [-0.4, -0.2) is 30.3 Å². The van der Waals surface area contributed by atoms with Crippen molar-refractivity contribution < 1.29 is 4.79 Å². The molecule has 2 nitrogen and oxygen atoms in total. The number of nitrogens with zero attached hydrogens (tertiary/aromatic N) is 1. The maximum absolute atomic E-state index is 10.7. The first-order valence-corrected chi connectivity index (χ1v) is 4.42. The molecule has 0 spiro atoms. The Bertz CT molecular complexity index is 112. The Morgan fingerprint density at radius 2 is 2.00 bits per heavy atom. The third-order valence-corrected chi connectivity index (χ3v) is 1.72. The van der Waals surface area contributed by atoms with Gasteiger partial charge in [-0.3, -0.25) is 9.69 Å². The first kappa shape index (κ1) is 10.6. The van der Waals surface area contributed by atoms with Crippen molar-refractivity contribution in [2.45, 2.75) is 33.6 Å². The fraction of sp³-hybridized carbons (Fsp3) is 0.889. The van der Waals surface area contributed by atoms with E-state index in [1.54, 1.807) is 6.92 Å². The highest BCUT2D eigenvalue weighted by Gasteiger charge is 2.02. The van der Waals surface area contributed by atoms with Crippen molar-refractivity contribution in [3.05, 3.63) is 0 Å². The number of ketones is 1. The van der Waals surface area contributed by atoms with E-state index in [4.69, 9.17) is 0 Å². The molecule has 0 unspecified atom stereocenters. The number of Topliss-reactive ketones (excluding diaryl/α,β-unsaturated/α-hetero) is 1. The van der Waals surface area contributed by atoms with Crippen molar-refractivity contribution in [1.82, 2.24) is 4.90 Å². The molecule has 0 heterocycles. The van der Waals surface area contributed by atoms with Crippen LogP contribution in [0.15, 0.2) is 0 Å². The third-order valence-electron chi connectivity index (χ3n) is 1.72. The second-order valence-electron chi connectivity index (χ2n) is 2.92. The molecule has 0 rings (SSSR count). The summed E-state index contributed by atoms with van der Waals surface area (Å²) in [6.07, 6.45) is 2.40. The van der Waals surface area contributed by atoms with Crippen molar-refractivity contribution in [3.63, 3.8) is 0 Å². The molecule has 0 aliphatic heterocycles. The van der Waals surface area contributed by atoms with E-state index in [9.17, 15) is 4.79 Å². The van der Waals surface area contributed by atoms with Crippen molar-refractivity contribution >= 4 is 5.78 Å². The normalized spacial score (nSPS) is 10.5. The van der Waals surface area contributed by atoms with Gasteiger partial charge in [0.1, 0.15) is 5.78 Å². The first-order chi connectivity index (χ1) is 5.20. The molecular formula is C9H19NO. The molecule has 0 aromatic heterocycles. The molecule has 0 N–H and O–H groups in total. The molecule has 0 aromatic carbocycles. The van der Waals surface area contributed by atoms with Gasteiger partial charge in [0.05, 0.1) is 6.54 Å². The maximum Gasteiger partial charge on any atom is 0.143 e. The van der Waals surface area contributed by atoms with Crippen LogP contribution in [0.5, 0.6) is 0 Å². The van der Waals surface area contributed by atoms with Crippen LogP contribution in [0.1, 0.15) is 33.6 Å². The van der Waals surface area contributed by atoms with Crippen LogP contribution in [0.2, 0.25) is 0 Å². The molecule has 0 saturated carbocycles. The van der Waals surface area contributed by atoms with E-state index in [0.29, 0.717) is 6.54 Å². The van der Waals surface area contributed by atoms with Crippen LogP contribution >= 0.6 is 0 Å². The smallest absolute Gasteiger partial charge is 0.143 e. The quantitative estimate of drug-likeness (QED) is 0.585. The molecule has 0 amide bonds. The fourth-order valence-corrected chi connectivity index (χ4v) is 1.05. The number of rotatable bonds is 6. The lowest BCUT2D eigenvalue weighted by atomic mass is 10.3. The Morgan fingerprint density at radius 1 is 1.36 bits per heavy atom. The number of carbonyl (C=O) groups excluding carboxylic acids is 1. The molecule has 0 aromatic rings. The van der Waals surface area contributed by atoms with Gasteiger partial charge in [-0.05, 0) is 26.4 Å². The average molecular weight is 157 g/mol. The largest absolute Gasteiger partial charge is 0.299 e. The summed E-state index contributed by atoms with van der Waals surface area (Å²) in [6.45, 7) is 8.58. The van der Waals surface area contributed by atoms with Crippen LogP contribution in [0.3, 0.4) is 0 Å². The highest BCUT2D eigenvalue weighted by Crippen LogP contribution is 1.94. The average Bonchev–Trinajstić information content (AvgIpc) is 1.97. The number of carbonyl (C=O) groups is 1. The predicted molar refractivity (Wildman–Crippen MR) is 47.7 cm³/mol. The summed E-state index contributed by atoms with van der Waals surface area (Å²) in [6, 6.07) is 0. The van der Waals surface area contributed by atoms with Crippen molar-refractivity contribution in [2.24, 2.45) is 0 Å². The van der Waals surface area contributed by atoms with Crippen LogP contribution in [-0.2, 0) is 4.79 Å². The molecule has 0 fully saturated rings. The SMILES string of the molecule is CCCCN(CC)CC(C)=O. The molecule has 66 valence electrons. The van der Waals surface area contributed by atoms with Gasteiger partial charge in [0.2, 0.25) is 0 Å². The van der Waals surface area contributed by atoms with E-state index in [0.717, 1.165) is 13.1 Å². The van der Waals surface area contributed by atoms with Crippen LogP contribution in [0, 0.1) is 0 Å². The van der Waals surface area contributed by atoms with Gasteiger partial charge in [-0.1, -0.05) is 20.3 Å². The lowest BCUT2D eigenvalue weighted by Gasteiger charge is -2.17. The zero-order valence-corrected chi connectivity index (χ0v) is 7.89. The molecule has 0 aliphatic carbocycles. The predicted octanol–water partition coefficient (Wildman–Crippen LogP) is 1.70. The minimum atomic E-state index is 0.267. The Labute approximate surface area is 69.6 Å². The van der Waals surface area contributed by atoms with Gasteiger partial charge in [0.25, 0.3) is 0 Å². The fourth-order valence-electron chi connectivity index (χ4n) is 1.05. The second kappa shape index (κ2) is 6.35. The standard InChI is InChI=1S/C9H19NO/c1-4-6-7-10(5-2)8-9(3)11/h4-8H2,1-3H3. The van der Waals surface area contributed by atoms with Crippen LogP contribution < -0.4 is 0 Å². The van der Waals surface area contributed by atoms with Crippen LogP contribution in [0.25, 0.3) is 0 Å². The summed E-state index contributed by atoms with van der Waals surface area (Å²) >= 11 is 0. The monoisotopic (exact) mass is 157 g/mol. The number of hydrogen-bond acceptors (Lipinski definition) is 2.